The van der Waals surface area contributed by atoms with Crippen molar-refractivity contribution in [1.29, 1.82) is 0 Å². The molecule has 0 radical (unpaired) electrons. The molecule has 1 amide bonds. The summed E-state index contributed by atoms with van der Waals surface area (Å²) >= 11 is 1.46. The molecule has 1 aromatic carbocycles. The lowest BCUT2D eigenvalue weighted by atomic mass is 9.84. The molecule has 7 heteroatoms. The topological polar surface area (TPSA) is 57.7 Å². The van der Waals surface area contributed by atoms with Crippen LogP contribution in [0.5, 0.6) is 0 Å². The Morgan fingerprint density at radius 2 is 2.15 bits per heavy atom. The van der Waals surface area contributed by atoms with E-state index >= 15 is 0 Å². The predicted molar refractivity (Wildman–Crippen MR) is 106 cm³/mol. The standard InChI is InChI=1S/C20H24N4O2S/c25-20(21-16-10-23-6-4-12(16)5-7-23)18-15-2-1-3-17(19(15)27-22-18)24-9-14-8-13(24)11-26-14/h1-3,12-14,16H,4-11H2,(H,21,25)/t13-,14-,16+/m0/s1. The number of hydrogen-bond acceptors (Lipinski definition) is 6. The van der Waals surface area contributed by atoms with Crippen LogP contribution in [0.15, 0.2) is 18.2 Å². The van der Waals surface area contributed by atoms with Gasteiger partial charge in [-0.1, -0.05) is 12.1 Å². The van der Waals surface area contributed by atoms with Gasteiger partial charge in [0.25, 0.3) is 5.91 Å². The molecular formula is C20H24N4O2S. The lowest BCUT2D eigenvalue weighted by Gasteiger charge is -2.44. The number of rotatable bonds is 3. The second-order valence-electron chi connectivity index (χ2n) is 8.40. The van der Waals surface area contributed by atoms with Gasteiger partial charge in [0.1, 0.15) is 5.69 Å². The monoisotopic (exact) mass is 384 g/mol. The Morgan fingerprint density at radius 1 is 1.26 bits per heavy atom. The zero-order chi connectivity index (χ0) is 18.0. The number of nitrogens with one attached hydrogen (secondary N) is 1. The number of anilines is 1. The Kier molecular flexibility index (Phi) is 3.71. The summed E-state index contributed by atoms with van der Waals surface area (Å²) in [6.07, 6.45) is 3.87. The third-order valence-corrected chi connectivity index (χ3v) is 7.76. The quantitative estimate of drug-likeness (QED) is 0.878. The third kappa shape index (κ3) is 2.59. The van der Waals surface area contributed by atoms with Crippen molar-refractivity contribution in [3.8, 4) is 0 Å². The summed E-state index contributed by atoms with van der Waals surface area (Å²) in [5.74, 6) is 0.614. The van der Waals surface area contributed by atoms with Crippen LogP contribution in [0.4, 0.5) is 5.69 Å². The van der Waals surface area contributed by atoms with Crippen molar-refractivity contribution in [3.05, 3.63) is 23.9 Å². The zero-order valence-electron chi connectivity index (χ0n) is 15.3. The first-order valence-corrected chi connectivity index (χ1v) is 10.8. The summed E-state index contributed by atoms with van der Waals surface area (Å²) in [6.45, 7) is 5.11. The Labute approximate surface area is 162 Å². The molecule has 6 heterocycles. The number of piperidine rings is 3. The van der Waals surface area contributed by atoms with E-state index in [2.05, 4.69) is 31.6 Å². The Morgan fingerprint density at radius 3 is 2.85 bits per heavy atom. The molecule has 5 aliphatic rings. The highest BCUT2D eigenvalue weighted by Gasteiger charge is 2.40. The van der Waals surface area contributed by atoms with E-state index in [0.717, 1.165) is 36.2 Å². The Balaban J connectivity index is 1.28. The number of aromatic nitrogens is 1. The van der Waals surface area contributed by atoms with E-state index in [1.807, 2.05) is 6.07 Å². The van der Waals surface area contributed by atoms with Crippen molar-refractivity contribution in [3.63, 3.8) is 0 Å². The highest BCUT2D eigenvalue weighted by Crippen LogP contribution is 2.39. The fraction of sp³-hybridized carbons (Fsp3) is 0.600. The number of morpholine rings is 1. The molecule has 0 unspecified atom stereocenters. The molecule has 5 saturated heterocycles. The molecule has 2 aromatic rings. The number of nitrogens with zero attached hydrogens (tertiary/aromatic N) is 3. The molecule has 7 rings (SSSR count). The van der Waals surface area contributed by atoms with Crippen LogP contribution in [-0.4, -0.2) is 66.2 Å². The number of benzene rings is 1. The summed E-state index contributed by atoms with van der Waals surface area (Å²) < 4.78 is 11.4. The fourth-order valence-corrected chi connectivity index (χ4v) is 6.30. The number of carbonyl (C=O) groups excluding carboxylic acids is 1. The number of hydrogen-bond donors (Lipinski definition) is 1. The maximum atomic E-state index is 13.0. The molecule has 5 fully saturated rings. The van der Waals surface area contributed by atoms with Crippen LogP contribution in [-0.2, 0) is 4.74 Å². The zero-order valence-corrected chi connectivity index (χ0v) is 16.1. The van der Waals surface area contributed by atoms with E-state index in [1.54, 1.807) is 0 Å². The molecule has 4 bridgehead atoms. The van der Waals surface area contributed by atoms with E-state index in [1.165, 1.54) is 43.2 Å². The summed E-state index contributed by atoms with van der Waals surface area (Å²) in [5.41, 5.74) is 1.80. The van der Waals surface area contributed by atoms with Gasteiger partial charge >= 0.3 is 0 Å². The first-order valence-electron chi connectivity index (χ1n) is 10.1. The molecule has 1 aromatic heterocycles. The minimum atomic E-state index is -0.0107. The Hall–Kier alpha value is -1.70. The van der Waals surface area contributed by atoms with Crippen LogP contribution < -0.4 is 10.2 Å². The highest BCUT2D eigenvalue weighted by molar-refractivity contribution is 7.14. The van der Waals surface area contributed by atoms with Crippen molar-refractivity contribution in [2.45, 2.75) is 37.5 Å². The van der Waals surface area contributed by atoms with Gasteiger partial charge in [0.2, 0.25) is 0 Å². The maximum absolute atomic E-state index is 13.0. The second-order valence-corrected chi connectivity index (χ2v) is 9.17. The molecule has 27 heavy (non-hydrogen) atoms. The van der Waals surface area contributed by atoms with Crippen LogP contribution in [0.25, 0.3) is 10.1 Å². The first kappa shape index (κ1) is 16.3. The van der Waals surface area contributed by atoms with Crippen molar-refractivity contribution < 1.29 is 9.53 Å². The van der Waals surface area contributed by atoms with E-state index in [-0.39, 0.29) is 11.9 Å². The largest absolute Gasteiger partial charge is 0.374 e. The summed E-state index contributed by atoms with van der Waals surface area (Å²) in [6, 6.07) is 7.00. The lowest BCUT2D eigenvalue weighted by Crippen LogP contribution is -2.57. The van der Waals surface area contributed by atoms with Gasteiger partial charge in [0.05, 0.1) is 29.1 Å². The molecule has 6 nitrogen and oxygen atoms in total. The number of fused-ring (bicyclic) bond motifs is 6. The molecule has 5 aliphatic heterocycles. The molecule has 1 N–H and O–H groups in total. The number of ether oxygens (including phenoxy) is 1. The van der Waals surface area contributed by atoms with Gasteiger partial charge < -0.3 is 19.9 Å². The van der Waals surface area contributed by atoms with Gasteiger partial charge in [-0.15, -0.1) is 0 Å². The Bertz CT molecular complexity index is 891. The summed E-state index contributed by atoms with van der Waals surface area (Å²) in [7, 11) is 0. The van der Waals surface area contributed by atoms with E-state index in [9.17, 15) is 4.79 Å². The minimum Gasteiger partial charge on any atom is -0.374 e. The van der Waals surface area contributed by atoms with E-state index in [4.69, 9.17) is 4.74 Å². The highest BCUT2D eigenvalue weighted by atomic mass is 32.1. The molecule has 0 aliphatic carbocycles. The van der Waals surface area contributed by atoms with Crippen molar-refractivity contribution in [1.82, 2.24) is 14.6 Å². The van der Waals surface area contributed by atoms with Crippen molar-refractivity contribution in [2.75, 3.05) is 37.7 Å². The third-order valence-electron chi connectivity index (χ3n) is 6.88. The molecule has 0 saturated carbocycles. The van der Waals surface area contributed by atoms with Crippen LogP contribution in [0, 0.1) is 5.92 Å². The smallest absolute Gasteiger partial charge is 0.271 e. The van der Waals surface area contributed by atoms with E-state index < -0.39 is 0 Å². The predicted octanol–water partition coefficient (Wildman–Crippen LogP) is 2.10. The normalized spacial score (nSPS) is 34.5. The average Bonchev–Trinajstić information content (AvgIpc) is 3.44. The van der Waals surface area contributed by atoms with Gasteiger partial charge in [0, 0.05) is 24.5 Å². The first-order chi connectivity index (χ1) is 13.3. The van der Waals surface area contributed by atoms with Gasteiger partial charge in [-0.05, 0) is 55.9 Å². The van der Waals surface area contributed by atoms with Crippen molar-refractivity contribution >= 4 is 33.2 Å². The molecule has 3 atom stereocenters. The average molecular weight is 385 g/mol. The minimum absolute atomic E-state index is 0.0107. The summed E-state index contributed by atoms with van der Waals surface area (Å²) in [5, 5.41) is 4.28. The van der Waals surface area contributed by atoms with Crippen LogP contribution in [0.3, 0.4) is 0 Å². The molecule has 0 spiro atoms. The van der Waals surface area contributed by atoms with Gasteiger partial charge in [0.15, 0.2) is 0 Å². The molecule has 142 valence electrons. The number of carbonyl (C=O) groups is 1. The maximum Gasteiger partial charge on any atom is 0.271 e. The van der Waals surface area contributed by atoms with Gasteiger partial charge in [-0.2, -0.15) is 4.37 Å². The van der Waals surface area contributed by atoms with Gasteiger partial charge in [-0.25, -0.2) is 0 Å². The van der Waals surface area contributed by atoms with Gasteiger partial charge in [-0.3, -0.25) is 4.79 Å². The fourth-order valence-electron chi connectivity index (χ4n) is 5.40. The lowest BCUT2D eigenvalue weighted by molar-refractivity contribution is 0.0619. The van der Waals surface area contributed by atoms with Crippen molar-refractivity contribution in [2.24, 2.45) is 5.92 Å². The van der Waals surface area contributed by atoms with Crippen LogP contribution in [0.2, 0.25) is 0 Å². The van der Waals surface area contributed by atoms with Crippen LogP contribution in [0.1, 0.15) is 29.8 Å². The van der Waals surface area contributed by atoms with Crippen LogP contribution >= 0.6 is 11.5 Å². The second kappa shape index (κ2) is 6.15. The van der Waals surface area contributed by atoms with E-state index in [0.29, 0.717) is 23.8 Å². The molecular weight excluding hydrogens is 360 g/mol. The summed E-state index contributed by atoms with van der Waals surface area (Å²) in [4.78, 5) is 17.9. The SMILES string of the molecule is O=C(N[C@@H]1CN2CCC1CC2)c1nsc2c(N3C[C@@H]4C[C@H]3CO4)cccc12. The number of amides is 1.